The third-order valence-electron chi connectivity index (χ3n) is 5.51. The summed E-state index contributed by atoms with van der Waals surface area (Å²) < 4.78 is 34.8. The van der Waals surface area contributed by atoms with E-state index in [1.54, 1.807) is 24.3 Å². The summed E-state index contributed by atoms with van der Waals surface area (Å²) in [6.07, 6.45) is 1.07. The number of carbonyl (C=O) groups is 1. The van der Waals surface area contributed by atoms with Crippen LogP contribution in [0.2, 0.25) is 0 Å². The van der Waals surface area contributed by atoms with E-state index in [1.807, 2.05) is 31.1 Å². The van der Waals surface area contributed by atoms with Crippen molar-refractivity contribution in [1.82, 2.24) is 14.2 Å². The Labute approximate surface area is 181 Å². The fourth-order valence-corrected chi connectivity index (χ4v) is 6.31. The van der Waals surface area contributed by atoms with Gasteiger partial charge in [-0.1, -0.05) is 26.0 Å². The van der Waals surface area contributed by atoms with Crippen LogP contribution in [0.4, 0.5) is 0 Å². The molecule has 9 heteroatoms. The lowest BCUT2D eigenvalue weighted by atomic mass is 10.0. The molecule has 1 saturated heterocycles. The standard InChI is InChI=1S/C21H27N3O4S2/c1-15(2)10-20(25)23-9-8-21(13-23)14-24(11-17-12-29-16(3)22-17)30(26,27)19-7-5-4-6-18(19)28-21/h4-7,12,15H,8-11,13-14H2,1-3H3/t21-/m0/s1. The SMILES string of the molecule is Cc1nc(CN2C[C@@]3(CCN(C(=O)CC(C)C)C3)Oc3ccccc3S2(=O)=O)cs1. The summed E-state index contributed by atoms with van der Waals surface area (Å²) in [5.74, 6) is 0.717. The Hall–Kier alpha value is -1.97. The third kappa shape index (κ3) is 4.10. The molecule has 0 saturated carbocycles. The molecule has 1 aromatic heterocycles. The Balaban J connectivity index is 1.69. The Kier molecular flexibility index (Phi) is 5.63. The lowest BCUT2D eigenvalue weighted by Gasteiger charge is -2.31. The summed E-state index contributed by atoms with van der Waals surface area (Å²) in [6, 6.07) is 6.76. The van der Waals surface area contributed by atoms with Crippen LogP contribution in [0.5, 0.6) is 5.75 Å². The van der Waals surface area contributed by atoms with Gasteiger partial charge in [0.15, 0.2) is 0 Å². The van der Waals surface area contributed by atoms with E-state index in [2.05, 4.69) is 4.98 Å². The van der Waals surface area contributed by atoms with Gasteiger partial charge in [-0.15, -0.1) is 11.3 Å². The maximum Gasteiger partial charge on any atom is 0.247 e. The van der Waals surface area contributed by atoms with Gasteiger partial charge in [0.25, 0.3) is 0 Å². The lowest BCUT2D eigenvalue weighted by molar-refractivity contribution is -0.131. The number of nitrogens with zero attached hydrogens (tertiary/aromatic N) is 3. The number of hydrogen-bond acceptors (Lipinski definition) is 6. The summed E-state index contributed by atoms with van der Waals surface area (Å²) in [4.78, 5) is 19.1. The number of carbonyl (C=O) groups excluding carboxylic acids is 1. The highest BCUT2D eigenvalue weighted by atomic mass is 32.2. The molecule has 2 aromatic rings. The van der Waals surface area contributed by atoms with Crippen molar-refractivity contribution in [2.75, 3.05) is 19.6 Å². The average molecular weight is 450 g/mol. The van der Waals surface area contributed by atoms with Gasteiger partial charge in [-0.25, -0.2) is 13.4 Å². The van der Waals surface area contributed by atoms with E-state index < -0.39 is 15.6 Å². The average Bonchev–Trinajstić information content (AvgIpc) is 3.25. The molecular formula is C21H27N3O4S2. The fourth-order valence-electron chi connectivity index (χ4n) is 4.11. The van der Waals surface area contributed by atoms with E-state index in [4.69, 9.17) is 4.74 Å². The van der Waals surface area contributed by atoms with E-state index in [1.165, 1.54) is 15.6 Å². The van der Waals surface area contributed by atoms with Crippen molar-refractivity contribution in [3.05, 3.63) is 40.3 Å². The highest BCUT2D eigenvalue weighted by Crippen LogP contribution is 2.39. The first kappa shape index (κ1) is 21.3. The van der Waals surface area contributed by atoms with E-state index in [0.29, 0.717) is 31.7 Å². The van der Waals surface area contributed by atoms with Crippen molar-refractivity contribution >= 4 is 27.3 Å². The second-order valence-electron chi connectivity index (χ2n) is 8.53. The quantitative estimate of drug-likeness (QED) is 0.717. The normalized spacial score (nSPS) is 23.4. The molecule has 0 unspecified atom stereocenters. The van der Waals surface area contributed by atoms with Crippen LogP contribution in [0.3, 0.4) is 0 Å². The molecular weight excluding hydrogens is 422 g/mol. The molecule has 0 radical (unpaired) electrons. The van der Waals surface area contributed by atoms with Crippen LogP contribution in [0.25, 0.3) is 0 Å². The van der Waals surface area contributed by atoms with Crippen LogP contribution in [-0.2, 0) is 21.4 Å². The van der Waals surface area contributed by atoms with Gasteiger partial charge in [0.05, 0.1) is 30.3 Å². The fraction of sp³-hybridized carbons (Fsp3) is 0.524. The monoisotopic (exact) mass is 449 g/mol. The number of aromatic nitrogens is 1. The van der Waals surface area contributed by atoms with Gasteiger partial charge in [0, 0.05) is 24.8 Å². The largest absolute Gasteiger partial charge is 0.483 e. The number of likely N-dealkylation sites (tertiary alicyclic amines) is 1. The highest BCUT2D eigenvalue weighted by molar-refractivity contribution is 7.89. The van der Waals surface area contributed by atoms with Crippen molar-refractivity contribution in [3.8, 4) is 5.75 Å². The molecule has 4 rings (SSSR count). The number of hydrogen-bond donors (Lipinski definition) is 0. The maximum atomic E-state index is 13.5. The van der Waals surface area contributed by atoms with Crippen LogP contribution in [0, 0.1) is 12.8 Å². The van der Waals surface area contributed by atoms with Gasteiger partial charge >= 0.3 is 0 Å². The second-order valence-corrected chi connectivity index (χ2v) is 11.5. The van der Waals surface area contributed by atoms with Gasteiger partial charge in [-0.3, -0.25) is 4.79 Å². The van der Waals surface area contributed by atoms with Crippen LogP contribution in [0.1, 0.15) is 37.4 Å². The number of thiazole rings is 1. The number of ether oxygens (including phenoxy) is 1. The van der Waals surface area contributed by atoms with E-state index in [-0.39, 0.29) is 29.8 Å². The van der Waals surface area contributed by atoms with Crippen molar-refractivity contribution in [2.24, 2.45) is 5.92 Å². The van der Waals surface area contributed by atoms with Crippen LogP contribution >= 0.6 is 11.3 Å². The van der Waals surface area contributed by atoms with Gasteiger partial charge in [0.1, 0.15) is 16.2 Å². The molecule has 1 fully saturated rings. The molecule has 1 amide bonds. The number of benzene rings is 1. The van der Waals surface area contributed by atoms with Crippen molar-refractivity contribution < 1.29 is 17.9 Å². The van der Waals surface area contributed by atoms with Gasteiger partial charge < -0.3 is 9.64 Å². The minimum atomic E-state index is -3.76. The zero-order valence-corrected chi connectivity index (χ0v) is 19.1. The molecule has 1 spiro atoms. The summed E-state index contributed by atoms with van der Waals surface area (Å²) in [6.45, 7) is 7.27. The Morgan fingerprint density at radius 1 is 1.30 bits per heavy atom. The Bertz CT molecular complexity index is 1050. The van der Waals surface area contributed by atoms with E-state index in [9.17, 15) is 13.2 Å². The predicted octanol–water partition coefficient (Wildman–Crippen LogP) is 3.05. The number of amides is 1. The molecule has 2 aliphatic heterocycles. The number of rotatable bonds is 4. The molecule has 1 atom stereocenters. The van der Waals surface area contributed by atoms with Gasteiger partial charge in [-0.2, -0.15) is 4.31 Å². The topological polar surface area (TPSA) is 79.8 Å². The Morgan fingerprint density at radius 2 is 2.07 bits per heavy atom. The van der Waals surface area contributed by atoms with Crippen LogP contribution in [-0.4, -0.2) is 53.7 Å². The molecule has 3 heterocycles. The lowest BCUT2D eigenvalue weighted by Crippen LogP contribution is -2.49. The number of para-hydroxylation sites is 1. The molecule has 2 aliphatic rings. The smallest absolute Gasteiger partial charge is 0.247 e. The number of aryl methyl sites for hydroxylation is 1. The first-order valence-electron chi connectivity index (χ1n) is 10.2. The maximum absolute atomic E-state index is 13.5. The summed E-state index contributed by atoms with van der Waals surface area (Å²) in [7, 11) is -3.76. The summed E-state index contributed by atoms with van der Waals surface area (Å²) >= 11 is 1.50. The molecule has 7 nitrogen and oxygen atoms in total. The highest BCUT2D eigenvalue weighted by Gasteiger charge is 2.48. The number of fused-ring (bicyclic) bond motifs is 1. The summed E-state index contributed by atoms with van der Waals surface area (Å²) in [5.41, 5.74) is -0.0430. The molecule has 0 aliphatic carbocycles. The van der Waals surface area contributed by atoms with Gasteiger partial charge in [-0.05, 0) is 25.0 Å². The number of sulfonamides is 1. The van der Waals surface area contributed by atoms with Crippen LogP contribution in [0.15, 0.2) is 34.5 Å². The predicted molar refractivity (Wildman–Crippen MR) is 115 cm³/mol. The molecule has 30 heavy (non-hydrogen) atoms. The van der Waals surface area contributed by atoms with E-state index >= 15 is 0 Å². The minimum absolute atomic E-state index is 0.0903. The van der Waals surface area contributed by atoms with Gasteiger partial charge in [0.2, 0.25) is 15.9 Å². The van der Waals surface area contributed by atoms with E-state index in [0.717, 1.165) is 10.7 Å². The molecule has 162 valence electrons. The zero-order chi connectivity index (χ0) is 21.5. The molecule has 1 aromatic carbocycles. The zero-order valence-electron chi connectivity index (χ0n) is 17.5. The van der Waals surface area contributed by atoms with Crippen molar-refractivity contribution in [3.63, 3.8) is 0 Å². The third-order valence-corrected chi connectivity index (χ3v) is 8.17. The first-order chi connectivity index (χ1) is 14.2. The molecule has 0 bridgehead atoms. The van der Waals surface area contributed by atoms with Crippen molar-refractivity contribution in [1.29, 1.82) is 0 Å². The minimum Gasteiger partial charge on any atom is -0.483 e. The summed E-state index contributed by atoms with van der Waals surface area (Å²) in [5, 5.41) is 2.79. The second kappa shape index (κ2) is 7.94. The molecule has 0 N–H and O–H groups in total. The van der Waals surface area contributed by atoms with Crippen LogP contribution < -0.4 is 4.74 Å². The Morgan fingerprint density at radius 3 is 2.77 bits per heavy atom. The van der Waals surface area contributed by atoms with Crippen molar-refractivity contribution in [2.45, 2.75) is 50.7 Å². The first-order valence-corrected chi connectivity index (χ1v) is 12.5.